The van der Waals surface area contributed by atoms with E-state index in [-0.39, 0.29) is 0 Å². The summed E-state index contributed by atoms with van der Waals surface area (Å²) < 4.78 is 12.9. The number of hydrogen-bond acceptors (Lipinski definition) is 3. The van der Waals surface area contributed by atoms with Crippen LogP contribution in [0.25, 0.3) is 98.8 Å². The highest BCUT2D eigenvalue weighted by molar-refractivity contribution is 6.23. The van der Waals surface area contributed by atoms with Gasteiger partial charge in [0.25, 0.3) is 0 Å². The summed E-state index contributed by atoms with van der Waals surface area (Å²) in [6.45, 7) is 0. The number of furan rings is 2. The van der Waals surface area contributed by atoms with Crippen LogP contribution in [-0.2, 0) is 0 Å². The van der Waals surface area contributed by atoms with Crippen LogP contribution >= 0.6 is 0 Å². The van der Waals surface area contributed by atoms with E-state index in [1.54, 1.807) is 0 Å². The Morgan fingerprint density at radius 1 is 0.305 bits per heavy atom. The molecule has 0 N–H and O–H groups in total. The molecule has 2 heterocycles. The summed E-state index contributed by atoms with van der Waals surface area (Å²) in [6.07, 6.45) is 0. The Bertz CT molecular complexity index is 3560. The molecule has 0 spiro atoms. The topological polar surface area (TPSA) is 29.5 Å². The molecule has 0 saturated carbocycles. The van der Waals surface area contributed by atoms with E-state index in [4.69, 9.17) is 8.83 Å². The predicted molar refractivity (Wildman–Crippen MR) is 247 cm³/mol. The third kappa shape index (κ3) is 5.36. The number of nitrogens with zero attached hydrogens (tertiary/aromatic N) is 1. The second-order valence-corrected chi connectivity index (χ2v) is 15.2. The van der Waals surface area contributed by atoms with Gasteiger partial charge >= 0.3 is 0 Å². The van der Waals surface area contributed by atoms with Crippen molar-refractivity contribution in [3.8, 4) is 33.4 Å². The number of rotatable bonds is 6. The fraction of sp³-hybridized carbons (Fsp3) is 0. The second kappa shape index (κ2) is 13.4. The molecule has 276 valence electrons. The highest BCUT2D eigenvalue weighted by Gasteiger charge is 2.26. The van der Waals surface area contributed by atoms with Gasteiger partial charge in [0.2, 0.25) is 0 Å². The van der Waals surface area contributed by atoms with Gasteiger partial charge in [0.15, 0.2) is 0 Å². The summed E-state index contributed by atoms with van der Waals surface area (Å²) in [6, 6.07) is 75.9. The van der Waals surface area contributed by atoms with Crippen LogP contribution in [0, 0.1) is 0 Å². The molecule has 3 nitrogen and oxygen atoms in total. The van der Waals surface area contributed by atoms with Crippen molar-refractivity contribution in [2.75, 3.05) is 4.90 Å². The highest BCUT2D eigenvalue weighted by Crippen LogP contribution is 2.51. The standard InChI is InChI=1S/C56H35NO2/c1-2-14-36(15-3-1)37-26-29-40(30-27-37)57(49-23-11-8-18-42(49)39-28-32-53-47(34-39)45-21-9-12-24-51(45)58-53)50-31-33-54-56(46-22-10-13-25-52(46)59-54)55(50)48-35-38-16-4-5-17-41(38)43-19-6-7-20-44(43)48/h1-35H. The Kier molecular flexibility index (Phi) is 7.54. The molecule has 0 saturated heterocycles. The minimum Gasteiger partial charge on any atom is -0.456 e. The first kappa shape index (κ1) is 33.3. The van der Waals surface area contributed by atoms with Crippen molar-refractivity contribution in [1.82, 2.24) is 0 Å². The molecule has 59 heavy (non-hydrogen) atoms. The summed E-state index contributed by atoms with van der Waals surface area (Å²) in [5.74, 6) is 0. The van der Waals surface area contributed by atoms with Gasteiger partial charge in [0.05, 0.1) is 11.4 Å². The van der Waals surface area contributed by atoms with Crippen molar-refractivity contribution in [1.29, 1.82) is 0 Å². The van der Waals surface area contributed by atoms with Gasteiger partial charge in [-0.25, -0.2) is 0 Å². The lowest BCUT2D eigenvalue weighted by molar-refractivity contribution is 0.668. The zero-order valence-corrected chi connectivity index (χ0v) is 32.0. The summed E-state index contributed by atoms with van der Waals surface area (Å²) in [7, 11) is 0. The van der Waals surface area contributed by atoms with Crippen molar-refractivity contribution >= 4 is 82.5 Å². The summed E-state index contributed by atoms with van der Waals surface area (Å²) >= 11 is 0. The second-order valence-electron chi connectivity index (χ2n) is 15.2. The molecular weight excluding hydrogens is 719 g/mol. The fourth-order valence-corrected chi connectivity index (χ4v) is 9.17. The van der Waals surface area contributed by atoms with E-state index in [0.717, 1.165) is 88.8 Å². The van der Waals surface area contributed by atoms with Gasteiger partial charge in [-0.3, -0.25) is 0 Å². The maximum Gasteiger partial charge on any atom is 0.136 e. The third-order valence-electron chi connectivity index (χ3n) is 11.9. The molecule has 2 aromatic heterocycles. The SMILES string of the molecule is c1ccc(-c2ccc(N(c3ccccc3-c3ccc4oc5ccccc5c4c3)c3ccc4oc5ccccc5c4c3-c3cc4ccccc4c4ccccc34)cc2)cc1. The van der Waals surface area contributed by atoms with E-state index in [2.05, 4.69) is 199 Å². The zero-order valence-electron chi connectivity index (χ0n) is 32.0. The average Bonchev–Trinajstić information content (AvgIpc) is 3.88. The monoisotopic (exact) mass is 753 g/mol. The Morgan fingerprint density at radius 3 is 1.71 bits per heavy atom. The molecular formula is C56H35NO2. The van der Waals surface area contributed by atoms with Gasteiger partial charge in [0, 0.05) is 38.4 Å². The molecule has 0 aliphatic carbocycles. The van der Waals surface area contributed by atoms with Crippen molar-refractivity contribution in [3.05, 3.63) is 212 Å². The van der Waals surface area contributed by atoms with Crippen molar-refractivity contribution < 1.29 is 8.83 Å². The summed E-state index contributed by atoms with van der Waals surface area (Å²) in [5, 5.41) is 9.22. The molecule has 12 rings (SSSR count). The van der Waals surface area contributed by atoms with Crippen LogP contribution in [0.5, 0.6) is 0 Å². The highest BCUT2D eigenvalue weighted by atomic mass is 16.3. The van der Waals surface area contributed by atoms with Crippen LogP contribution in [0.4, 0.5) is 17.1 Å². The third-order valence-corrected chi connectivity index (χ3v) is 11.9. The van der Waals surface area contributed by atoms with Crippen LogP contribution < -0.4 is 4.90 Å². The summed E-state index contributed by atoms with van der Waals surface area (Å²) in [5.41, 5.74) is 13.5. The van der Waals surface area contributed by atoms with E-state index in [0.29, 0.717) is 0 Å². The molecule has 0 atom stereocenters. The lowest BCUT2D eigenvalue weighted by Gasteiger charge is -2.30. The Morgan fingerprint density at radius 2 is 0.881 bits per heavy atom. The van der Waals surface area contributed by atoms with Gasteiger partial charge in [-0.1, -0.05) is 152 Å². The van der Waals surface area contributed by atoms with E-state index in [1.165, 1.54) is 27.1 Å². The van der Waals surface area contributed by atoms with Gasteiger partial charge in [0.1, 0.15) is 22.3 Å². The minimum absolute atomic E-state index is 0.854. The maximum atomic E-state index is 6.66. The molecule has 0 aliphatic heterocycles. The smallest absolute Gasteiger partial charge is 0.136 e. The zero-order chi connectivity index (χ0) is 38.9. The van der Waals surface area contributed by atoms with E-state index in [9.17, 15) is 0 Å². The molecule has 0 aliphatic rings. The molecule has 0 fully saturated rings. The van der Waals surface area contributed by atoms with Crippen molar-refractivity contribution in [3.63, 3.8) is 0 Å². The molecule has 12 aromatic rings. The Balaban J connectivity index is 1.18. The lowest BCUT2D eigenvalue weighted by atomic mass is 9.89. The molecule has 0 bridgehead atoms. The Hall–Kier alpha value is -7.88. The molecule has 0 amide bonds. The van der Waals surface area contributed by atoms with E-state index in [1.807, 2.05) is 18.2 Å². The number of benzene rings is 10. The molecule has 10 aromatic carbocycles. The fourth-order valence-electron chi connectivity index (χ4n) is 9.17. The quantitative estimate of drug-likeness (QED) is 0.158. The van der Waals surface area contributed by atoms with Gasteiger partial charge < -0.3 is 13.7 Å². The van der Waals surface area contributed by atoms with Crippen molar-refractivity contribution in [2.24, 2.45) is 0 Å². The first-order valence-corrected chi connectivity index (χ1v) is 20.1. The number of fused-ring (bicyclic) bond motifs is 9. The van der Waals surface area contributed by atoms with Gasteiger partial charge in [-0.15, -0.1) is 0 Å². The molecule has 0 unspecified atom stereocenters. The van der Waals surface area contributed by atoms with E-state index < -0.39 is 0 Å². The average molecular weight is 754 g/mol. The van der Waals surface area contributed by atoms with Gasteiger partial charge in [-0.2, -0.15) is 0 Å². The van der Waals surface area contributed by atoms with Gasteiger partial charge in [-0.05, 0) is 104 Å². The first-order valence-electron chi connectivity index (χ1n) is 20.1. The van der Waals surface area contributed by atoms with Crippen LogP contribution in [-0.4, -0.2) is 0 Å². The van der Waals surface area contributed by atoms with E-state index >= 15 is 0 Å². The van der Waals surface area contributed by atoms with Crippen LogP contribution in [0.3, 0.4) is 0 Å². The largest absolute Gasteiger partial charge is 0.456 e. The summed E-state index contributed by atoms with van der Waals surface area (Å²) in [4.78, 5) is 2.45. The lowest BCUT2D eigenvalue weighted by Crippen LogP contribution is -2.12. The van der Waals surface area contributed by atoms with Crippen molar-refractivity contribution in [2.45, 2.75) is 0 Å². The van der Waals surface area contributed by atoms with Crippen LogP contribution in [0.2, 0.25) is 0 Å². The first-order chi connectivity index (χ1) is 29.3. The number of anilines is 3. The number of para-hydroxylation sites is 3. The minimum atomic E-state index is 0.854. The Labute approximate surface area is 340 Å². The maximum absolute atomic E-state index is 6.66. The molecule has 0 radical (unpaired) electrons. The predicted octanol–water partition coefficient (Wildman–Crippen LogP) is 16.3. The van der Waals surface area contributed by atoms with Crippen LogP contribution in [0.15, 0.2) is 221 Å². The normalized spacial score (nSPS) is 11.7. The van der Waals surface area contributed by atoms with Crippen LogP contribution in [0.1, 0.15) is 0 Å². The number of hydrogen-bond donors (Lipinski definition) is 0. The molecule has 3 heteroatoms.